The van der Waals surface area contributed by atoms with Gasteiger partial charge in [0.15, 0.2) is 5.16 Å². The summed E-state index contributed by atoms with van der Waals surface area (Å²) >= 11 is 7.32. The third-order valence-corrected chi connectivity index (χ3v) is 5.94. The molecule has 2 atom stereocenters. The van der Waals surface area contributed by atoms with Crippen LogP contribution in [0.1, 0.15) is 20.3 Å². The van der Waals surface area contributed by atoms with Gasteiger partial charge in [0.1, 0.15) is 0 Å². The highest BCUT2D eigenvalue weighted by molar-refractivity contribution is 7.99. The number of nitrogens with zero attached hydrogens (tertiary/aromatic N) is 3. The zero-order chi connectivity index (χ0) is 19.6. The molecule has 144 valence electrons. The first kappa shape index (κ1) is 20.0. The first-order chi connectivity index (χ1) is 12.9. The Hall–Kier alpha value is -1.79. The van der Waals surface area contributed by atoms with E-state index in [2.05, 4.69) is 25.4 Å². The van der Waals surface area contributed by atoms with Crippen LogP contribution in [0, 0.1) is 11.8 Å². The second-order valence-electron chi connectivity index (χ2n) is 7.29. The molecule has 1 aromatic carbocycles. The summed E-state index contributed by atoms with van der Waals surface area (Å²) in [7, 11) is 0. The summed E-state index contributed by atoms with van der Waals surface area (Å²) in [4.78, 5) is 32.0. The molecule has 0 spiro atoms. The van der Waals surface area contributed by atoms with E-state index in [4.69, 9.17) is 11.6 Å². The van der Waals surface area contributed by atoms with Crippen LogP contribution in [0.2, 0.25) is 5.02 Å². The van der Waals surface area contributed by atoms with Crippen LogP contribution >= 0.6 is 23.4 Å². The molecule has 0 aliphatic carbocycles. The number of likely N-dealkylation sites (tertiary alicyclic amines) is 1. The van der Waals surface area contributed by atoms with Gasteiger partial charge < -0.3 is 4.90 Å². The number of hydrogen-bond donors (Lipinski definition) is 0. The van der Waals surface area contributed by atoms with Gasteiger partial charge >= 0.3 is 0 Å². The molecule has 0 unspecified atom stereocenters. The van der Waals surface area contributed by atoms with E-state index in [1.807, 2.05) is 4.90 Å². The molecular formula is C20H24ClN3O2S. The van der Waals surface area contributed by atoms with Crippen molar-refractivity contribution in [2.75, 3.05) is 18.8 Å². The lowest BCUT2D eigenvalue weighted by molar-refractivity contribution is -0.130. The fraction of sp³-hybridized carbons (Fsp3) is 0.450. The number of carbonyl (C=O) groups is 1. The number of hydrogen-bond acceptors (Lipinski definition) is 4. The van der Waals surface area contributed by atoms with Crippen molar-refractivity contribution >= 4 is 40.2 Å². The van der Waals surface area contributed by atoms with Crippen molar-refractivity contribution in [3.63, 3.8) is 0 Å². The van der Waals surface area contributed by atoms with Crippen molar-refractivity contribution in [2.24, 2.45) is 11.8 Å². The number of thioether (sulfide) groups is 1. The van der Waals surface area contributed by atoms with Gasteiger partial charge in [0.2, 0.25) is 5.91 Å². The Balaban J connectivity index is 1.84. The molecule has 1 aromatic heterocycles. The fourth-order valence-electron chi connectivity index (χ4n) is 3.66. The third kappa shape index (κ3) is 4.55. The Morgan fingerprint density at radius 2 is 2.07 bits per heavy atom. The summed E-state index contributed by atoms with van der Waals surface area (Å²) in [6.45, 7) is 10.0. The summed E-state index contributed by atoms with van der Waals surface area (Å²) in [5.74, 6) is 1.40. The number of halogens is 1. The molecule has 27 heavy (non-hydrogen) atoms. The van der Waals surface area contributed by atoms with Crippen LogP contribution in [0.15, 0.2) is 40.8 Å². The highest BCUT2D eigenvalue weighted by Gasteiger charge is 2.25. The Bertz CT molecular complexity index is 917. The normalized spacial score (nSPS) is 20.0. The standard InChI is InChI=1S/C20H24ClN3O2S/c1-4-7-24-19(26)16-9-15(21)5-6-17(16)22-20(24)27-12-18(25)23-10-13(2)8-14(3)11-23/h4-6,9,13-14H,1,7-8,10-12H2,2-3H3/t13-,14-/m1/s1. The average Bonchev–Trinajstić information content (AvgIpc) is 2.62. The molecule has 0 N–H and O–H groups in total. The molecule has 1 saturated heterocycles. The number of amides is 1. The monoisotopic (exact) mass is 405 g/mol. The number of fused-ring (bicyclic) bond motifs is 1. The van der Waals surface area contributed by atoms with E-state index < -0.39 is 0 Å². The van der Waals surface area contributed by atoms with Gasteiger partial charge in [0, 0.05) is 24.7 Å². The fourth-order valence-corrected chi connectivity index (χ4v) is 4.74. The second-order valence-corrected chi connectivity index (χ2v) is 8.67. The number of piperidine rings is 1. The van der Waals surface area contributed by atoms with E-state index >= 15 is 0 Å². The molecule has 2 heterocycles. The minimum Gasteiger partial charge on any atom is -0.341 e. The third-order valence-electron chi connectivity index (χ3n) is 4.74. The molecule has 0 radical (unpaired) electrons. The molecule has 1 fully saturated rings. The van der Waals surface area contributed by atoms with Crippen molar-refractivity contribution in [3.05, 3.63) is 46.2 Å². The number of benzene rings is 1. The zero-order valence-corrected chi connectivity index (χ0v) is 17.2. The predicted octanol–water partition coefficient (Wildman–Crippen LogP) is 3.83. The lowest BCUT2D eigenvalue weighted by atomic mass is 9.92. The molecule has 2 aromatic rings. The van der Waals surface area contributed by atoms with Gasteiger partial charge in [-0.05, 0) is 36.5 Å². The maximum Gasteiger partial charge on any atom is 0.262 e. The molecule has 0 bridgehead atoms. The van der Waals surface area contributed by atoms with Crippen LogP contribution in [0.5, 0.6) is 0 Å². The quantitative estimate of drug-likeness (QED) is 0.431. The highest BCUT2D eigenvalue weighted by Crippen LogP contribution is 2.24. The largest absolute Gasteiger partial charge is 0.341 e. The SMILES string of the molecule is C=CCn1c(SCC(=O)N2C[C@H](C)C[C@@H](C)C2)nc2ccc(Cl)cc2c1=O. The van der Waals surface area contributed by atoms with Crippen molar-refractivity contribution < 1.29 is 4.79 Å². The topological polar surface area (TPSA) is 55.2 Å². The molecule has 0 saturated carbocycles. The van der Waals surface area contributed by atoms with Gasteiger partial charge in [-0.2, -0.15) is 0 Å². The van der Waals surface area contributed by atoms with Gasteiger partial charge in [-0.3, -0.25) is 14.2 Å². The van der Waals surface area contributed by atoms with Crippen LogP contribution < -0.4 is 5.56 Å². The first-order valence-corrected chi connectivity index (χ1v) is 10.5. The van der Waals surface area contributed by atoms with Crippen LogP contribution in [0.3, 0.4) is 0 Å². The van der Waals surface area contributed by atoms with Crippen molar-refractivity contribution in [1.82, 2.24) is 14.5 Å². The molecule has 1 aliphatic heterocycles. The Morgan fingerprint density at radius 3 is 2.74 bits per heavy atom. The Morgan fingerprint density at radius 1 is 1.37 bits per heavy atom. The minimum absolute atomic E-state index is 0.0917. The lowest BCUT2D eigenvalue weighted by Crippen LogP contribution is -2.43. The van der Waals surface area contributed by atoms with Crippen molar-refractivity contribution in [2.45, 2.75) is 32.0 Å². The van der Waals surface area contributed by atoms with Crippen molar-refractivity contribution in [3.8, 4) is 0 Å². The molecule has 7 heteroatoms. The van der Waals surface area contributed by atoms with E-state index in [0.29, 0.717) is 39.5 Å². The Kier molecular flexibility index (Phi) is 6.27. The van der Waals surface area contributed by atoms with Gasteiger partial charge in [-0.15, -0.1) is 6.58 Å². The van der Waals surface area contributed by atoms with Gasteiger partial charge in [0.25, 0.3) is 5.56 Å². The number of carbonyl (C=O) groups excluding carboxylic acids is 1. The summed E-state index contributed by atoms with van der Waals surface area (Å²) in [6.07, 6.45) is 2.81. The van der Waals surface area contributed by atoms with E-state index in [0.717, 1.165) is 19.5 Å². The summed E-state index contributed by atoms with van der Waals surface area (Å²) in [5.41, 5.74) is 0.414. The van der Waals surface area contributed by atoms with Gasteiger partial charge in [-0.25, -0.2) is 4.98 Å². The lowest BCUT2D eigenvalue weighted by Gasteiger charge is -2.35. The predicted molar refractivity (Wildman–Crippen MR) is 111 cm³/mol. The van der Waals surface area contributed by atoms with Crippen molar-refractivity contribution in [1.29, 1.82) is 0 Å². The smallest absolute Gasteiger partial charge is 0.262 e. The molecule has 1 aliphatic rings. The van der Waals surface area contributed by atoms with E-state index in [-0.39, 0.29) is 17.2 Å². The molecule has 5 nitrogen and oxygen atoms in total. The van der Waals surface area contributed by atoms with Gasteiger partial charge in [-0.1, -0.05) is 43.3 Å². The van der Waals surface area contributed by atoms with Crippen LogP contribution in [0.25, 0.3) is 10.9 Å². The zero-order valence-electron chi connectivity index (χ0n) is 15.7. The molecular weight excluding hydrogens is 382 g/mol. The maximum atomic E-state index is 12.8. The number of aromatic nitrogens is 2. The summed E-state index contributed by atoms with van der Waals surface area (Å²) in [5, 5.41) is 1.50. The summed E-state index contributed by atoms with van der Waals surface area (Å²) in [6, 6.07) is 5.07. The summed E-state index contributed by atoms with van der Waals surface area (Å²) < 4.78 is 1.55. The van der Waals surface area contributed by atoms with E-state index in [1.54, 1.807) is 28.8 Å². The van der Waals surface area contributed by atoms with Crippen LogP contribution in [-0.2, 0) is 11.3 Å². The number of rotatable bonds is 5. The van der Waals surface area contributed by atoms with Crippen LogP contribution in [-0.4, -0.2) is 39.2 Å². The Labute approximate surface area is 168 Å². The molecule has 3 rings (SSSR count). The average molecular weight is 406 g/mol. The number of allylic oxidation sites excluding steroid dienone is 1. The maximum absolute atomic E-state index is 12.8. The highest BCUT2D eigenvalue weighted by atomic mass is 35.5. The second kappa shape index (κ2) is 8.48. The molecule has 1 amide bonds. The first-order valence-electron chi connectivity index (χ1n) is 9.10. The van der Waals surface area contributed by atoms with E-state index in [1.165, 1.54) is 11.8 Å². The van der Waals surface area contributed by atoms with E-state index in [9.17, 15) is 9.59 Å². The van der Waals surface area contributed by atoms with Crippen LogP contribution in [0.4, 0.5) is 0 Å². The van der Waals surface area contributed by atoms with Gasteiger partial charge in [0.05, 0.1) is 16.7 Å². The minimum atomic E-state index is -0.169.